The third kappa shape index (κ3) is 14.8. The molecule has 0 atom stereocenters. The minimum atomic E-state index is -1.05. The van der Waals surface area contributed by atoms with Crippen molar-refractivity contribution in [2.24, 2.45) is 29.0 Å². The van der Waals surface area contributed by atoms with Crippen molar-refractivity contribution in [3.8, 4) is 0 Å². The van der Waals surface area contributed by atoms with Gasteiger partial charge >= 0.3 is 5.97 Å². The summed E-state index contributed by atoms with van der Waals surface area (Å²) in [6.45, 7) is 1.61. The maximum absolute atomic E-state index is 13.4. The van der Waals surface area contributed by atoms with E-state index < -0.39 is 11.9 Å². The number of aromatic carboxylic acids is 1. The van der Waals surface area contributed by atoms with Gasteiger partial charge in [-0.05, 0) is 165 Å². The molecule has 12 N–H and O–H groups in total. The monoisotopic (exact) mass is 1010 g/mol. The number of anilines is 2. The lowest BCUT2D eigenvalue weighted by atomic mass is 9.98. The van der Waals surface area contributed by atoms with Crippen LogP contribution in [0.25, 0.3) is 33.5 Å². The van der Waals surface area contributed by atoms with Crippen LogP contribution in [-0.4, -0.2) is 61.8 Å². The molecule has 3 amide bonds. The summed E-state index contributed by atoms with van der Waals surface area (Å²) in [6.07, 6.45) is 6.65. The fraction of sp³-hybridized carbons (Fsp3) is 0.207. The Morgan fingerprint density at radius 2 is 0.947 bits per heavy atom. The zero-order valence-electron chi connectivity index (χ0n) is 41.0. The number of nitrogens with two attached hydrogens (primary N) is 3. The van der Waals surface area contributed by atoms with Crippen LogP contribution in [0.4, 0.5) is 20.7 Å². The number of carbonyl (C=O) groups excluding carboxylic acids is 3. The molecule has 2 heterocycles. The number of rotatable bonds is 17. The van der Waals surface area contributed by atoms with Gasteiger partial charge in [-0.25, -0.2) is 23.5 Å². The van der Waals surface area contributed by atoms with Gasteiger partial charge in [0.15, 0.2) is 0 Å². The van der Waals surface area contributed by atoms with Crippen molar-refractivity contribution in [1.82, 2.24) is 25.3 Å². The Bertz CT molecular complexity index is 3280. The molecule has 0 unspecified atom stereocenters. The average Bonchev–Trinajstić information content (AvgIpc) is 4.36. The van der Waals surface area contributed by atoms with Crippen molar-refractivity contribution in [1.29, 1.82) is 0 Å². The smallest absolute Gasteiger partial charge is 0.335 e. The van der Waals surface area contributed by atoms with Crippen LogP contribution in [0.1, 0.15) is 81.5 Å². The number of amides is 3. The molecule has 2 aliphatic rings. The standard InChI is InChI=1S/C29H28FN5O2.C25H21FN4O3.C4H9N/c30-22-14-7-18(8-15-22)9-16-23(28(37)35-29-33-24-3-1-2-4-25(24)34-29)26(31)20-10-12-21(13-11-20)27(36)32-17-19-5-6-19;26-18-12-5-15(6-13-18)7-14-19(22(27)16-8-10-17(11-9-16)24(32)33)23(31)30-25-28-20-3-1-2-4-21(20)29-25;5-3-4-1-2-4/h1-4,7-8,10-15,19H,5-6,9,16-17,31H2,(H,32,36)(H2,33,34,35,37);1-6,8-13H,7,14,27H2,(H,32,33)(H2,28,29,30,31);4H,1-3,5H2. The zero-order chi connectivity index (χ0) is 52.8. The Kier molecular flexibility index (Phi) is 17.2. The summed E-state index contributed by atoms with van der Waals surface area (Å²) < 4.78 is 26.6. The summed E-state index contributed by atoms with van der Waals surface area (Å²) in [4.78, 5) is 65.0. The Labute approximate surface area is 431 Å². The highest BCUT2D eigenvalue weighted by molar-refractivity contribution is 6.09. The number of para-hydroxylation sites is 4. The predicted octanol–water partition coefficient (Wildman–Crippen LogP) is 9.48. The van der Waals surface area contributed by atoms with Crippen molar-refractivity contribution in [3.63, 3.8) is 0 Å². The van der Waals surface area contributed by atoms with Crippen molar-refractivity contribution < 1.29 is 33.1 Å². The number of carboxylic acid groups (broad SMARTS) is 1. The van der Waals surface area contributed by atoms with Gasteiger partial charge in [-0.2, -0.15) is 0 Å². The van der Waals surface area contributed by atoms with Crippen LogP contribution < -0.4 is 33.2 Å². The van der Waals surface area contributed by atoms with E-state index in [9.17, 15) is 28.0 Å². The second-order valence-electron chi connectivity index (χ2n) is 18.4. The van der Waals surface area contributed by atoms with E-state index in [-0.39, 0.29) is 47.1 Å². The second kappa shape index (κ2) is 24.6. The van der Waals surface area contributed by atoms with Gasteiger partial charge in [-0.3, -0.25) is 25.0 Å². The first-order chi connectivity index (χ1) is 36.3. The van der Waals surface area contributed by atoms with Gasteiger partial charge in [0, 0.05) is 34.6 Å². The number of benzene rings is 6. The largest absolute Gasteiger partial charge is 0.478 e. The lowest BCUT2D eigenvalue weighted by Crippen LogP contribution is -2.25. The van der Waals surface area contributed by atoms with Gasteiger partial charge in [-0.15, -0.1) is 0 Å². The van der Waals surface area contributed by atoms with Crippen LogP contribution in [0.15, 0.2) is 157 Å². The number of aromatic nitrogens is 4. The summed E-state index contributed by atoms with van der Waals surface area (Å²) >= 11 is 0. The molecule has 0 saturated heterocycles. The van der Waals surface area contributed by atoms with Gasteiger partial charge < -0.3 is 37.6 Å². The number of hydrogen-bond acceptors (Lipinski definition) is 9. The number of aryl methyl sites for hydroxylation is 2. The molecule has 0 aliphatic heterocycles. The molecule has 15 nitrogen and oxygen atoms in total. The Morgan fingerprint density at radius 3 is 1.32 bits per heavy atom. The SMILES string of the molecule is NC(=C(CCc1ccc(F)cc1)C(=O)Nc1nc2ccccc2[nH]1)c1ccc(C(=O)NCC2CC2)cc1.NC(=C(CCc1ccc(F)cc1)C(=O)Nc1nc2ccccc2[nH]1)c1ccc(C(=O)O)cc1.NCC1CC1. The number of H-pyrrole nitrogens is 2. The summed E-state index contributed by atoms with van der Waals surface area (Å²) in [5, 5.41) is 17.7. The van der Waals surface area contributed by atoms with Gasteiger partial charge in [-0.1, -0.05) is 72.8 Å². The lowest BCUT2D eigenvalue weighted by molar-refractivity contribution is -0.113. The van der Waals surface area contributed by atoms with E-state index in [4.69, 9.17) is 22.3 Å². The first kappa shape index (κ1) is 52.4. The van der Waals surface area contributed by atoms with Gasteiger partial charge in [0.2, 0.25) is 11.9 Å². The number of nitrogens with zero attached hydrogens (tertiary/aromatic N) is 2. The molecule has 6 aromatic carbocycles. The molecule has 8 aromatic rings. The molecular formula is C58H58F2N10O5. The normalized spacial score (nSPS) is 13.5. The molecule has 2 aromatic heterocycles. The van der Waals surface area contributed by atoms with E-state index in [1.54, 1.807) is 60.7 Å². The number of nitrogens with one attached hydrogen (secondary N) is 5. The van der Waals surface area contributed by atoms with Crippen LogP contribution in [0, 0.1) is 23.5 Å². The van der Waals surface area contributed by atoms with E-state index in [2.05, 4.69) is 35.9 Å². The summed E-state index contributed by atoms with van der Waals surface area (Å²) in [5.74, 6) is -0.538. The molecule has 2 aliphatic carbocycles. The first-order valence-corrected chi connectivity index (χ1v) is 24.7. The molecule has 2 saturated carbocycles. The third-order valence-electron chi connectivity index (χ3n) is 12.8. The van der Waals surface area contributed by atoms with E-state index in [1.807, 2.05) is 48.5 Å². The predicted molar refractivity (Wildman–Crippen MR) is 288 cm³/mol. The number of carbonyl (C=O) groups is 4. The summed E-state index contributed by atoms with van der Waals surface area (Å²) in [5.41, 5.74) is 25.9. The number of imidazole rings is 2. The fourth-order valence-electron chi connectivity index (χ4n) is 7.93. The maximum atomic E-state index is 13.4. The molecule has 10 rings (SSSR count). The van der Waals surface area contributed by atoms with Crippen LogP contribution in [0.5, 0.6) is 0 Å². The molecule has 2 fully saturated rings. The minimum absolute atomic E-state index is 0.117. The summed E-state index contributed by atoms with van der Waals surface area (Å²) in [6, 6.07) is 39.9. The Balaban J connectivity index is 0.000000183. The highest BCUT2D eigenvalue weighted by Crippen LogP contribution is 2.28. The number of halogens is 2. The zero-order valence-corrected chi connectivity index (χ0v) is 41.0. The molecular weight excluding hydrogens is 955 g/mol. The Morgan fingerprint density at radius 1 is 0.547 bits per heavy atom. The van der Waals surface area contributed by atoms with Crippen LogP contribution in [-0.2, 0) is 22.4 Å². The van der Waals surface area contributed by atoms with E-state index in [0.29, 0.717) is 76.7 Å². The summed E-state index contributed by atoms with van der Waals surface area (Å²) in [7, 11) is 0. The van der Waals surface area contributed by atoms with E-state index in [0.717, 1.165) is 53.0 Å². The Hall–Kier alpha value is -8.96. The second-order valence-corrected chi connectivity index (χ2v) is 18.4. The van der Waals surface area contributed by atoms with E-state index in [1.165, 1.54) is 49.2 Å². The van der Waals surface area contributed by atoms with Gasteiger partial charge in [0.05, 0.1) is 27.6 Å². The minimum Gasteiger partial charge on any atom is -0.478 e. The molecule has 384 valence electrons. The highest BCUT2D eigenvalue weighted by Gasteiger charge is 2.23. The third-order valence-corrected chi connectivity index (χ3v) is 12.8. The molecule has 75 heavy (non-hydrogen) atoms. The number of hydrogen-bond donors (Lipinski definition) is 9. The van der Waals surface area contributed by atoms with Gasteiger partial charge in [0.25, 0.3) is 17.7 Å². The van der Waals surface area contributed by atoms with Crippen LogP contribution in [0.3, 0.4) is 0 Å². The number of carboxylic acids is 1. The van der Waals surface area contributed by atoms with Crippen molar-refractivity contribution >= 4 is 69.0 Å². The average molecular weight is 1010 g/mol. The van der Waals surface area contributed by atoms with Crippen molar-refractivity contribution in [2.45, 2.75) is 51.4 Å². The molecule has 17 heteroatoms. The lowest BCUT2D eigenvalue weighted by Gasteiger charge is -2.13. The molecule has 0 radical (unpaired) electrons. The molecule has 0 spiro atoms. The number of aromatic amines is 2. The first-order valence-electron chi connectivity index (χ1n) is 24.7. The van der Waals surface area contributed by atoms with Gasteiger partial charge in [0.1, 0.15) is 11.6 Å². The van der Waals surface area contributed by atoms with Crippen molar-refractivity contribution in [3.05, 3.63) is 202 Å². The number of fused-ring (bicyclic) bond motifs is 2. The van der Waals surface area contributed by atoms with E-state index >= 15 is 0 Å². The quantitative estimate of drug-likeness (QED) is 0.0390. The molecule has 0 bridgehead atoms. The maximum Gasteiger partial charge on any atom is 0.335 e. The van der Waals surface area contributed by atoms with Crippen molar-refractivity contribution in [2.75, 3.05) is 23.7 Å². The fourth-order valence-corrected chi connectivity index (χ4v) is 7.93. The van der Waals surface area contributed by atoms with Crippen LogP contribution in [0.2, 0.25) is 0 Å². The topological polar surface area (TPSA) is 260 Å². The van der Waals surface area contributed by atoms with Crippen LogP contribution >= 0.6 is 0 Å². The highest BCUT2D eigenvalue weighted by atomic mass is 19.1.